The number of imidazole rings is 1. The fourth-order valence-electron chi connectivity index (χ4n) is 3.37. The van der Waals surface area contributed by atoms with E-state index in [9.17, 15) is 13.2 Å². The van der Waals surface area contributed by atoms with Gasteiger partial charge in [0.25, 0.3) is 0 Å². The van der Waals surface area contributed by atoms with Gasteiger partial charge in [0, 0.05) is 6.54 Å². The predicted octanol–water partition coefficient (Wildman–Crippen LogP) is 3.80. The summed E-state index contributed by atoms with van der Waals surface area (Å²) >= 11 is 0. The lowest BCUT2D eigenvalue weighted by molar-refractivity contribution is -0.137. The molecular formula is C20H21F3N6. The largest absolute Gasteiger partial charge is 0.416 e. The fourth-order valence-corrected chi connectivity index (χ4v) is 3.37. The van der Waals surface area contributed by atoms with Gasteiger partial charge in [0.1, 0.15) is 23.4 Å². The molecule has 0 aliphatic rings. The molecule has 29 heavy (non-hydrogen) atoms. The Morgan fingerprint density at radius 3 is 2.28 bits per heavy atom. The van der Waals surface area contributed by atoms with Gasteiger partial charge in [0.2, 0.25) is 0 Å². The molecule has 0 N–H and O–H groups in total. The van der Waals surface area contributed by atoms with Crippen molar-refractivity contribution in [3.8, 4) is 0 Å². The third kappa shape index (κ3) is 4.09. The Hall–Kier alpha value is -2.94. The molecule has 2 heterocycles. The minimum Gasteiger partial charge on any atom is -0.326 e. The smallest absolute Gasteiger partial charge is 0.326 e. The molecule has 0 saturated carbocycles. The molecule has 0 spiro atoms. The second-order valence-corrected chi connectivity index (χ2v) is 7.26. The SMILES string of the molecule is CN(C)CCCn1c(Cn2nc3ccccc3n2)nc2cc(C(F)(F)F)ccc21. The van der Waals surface area contributed by atoms with Crippen molar-refractivity contribution < 1.29 is 13.2 Å². The number of alkyl halides is 3. The minimum atomic E-state index is -4.40. The van der Waals surface area contributed by atoms with Crippen LogP contribution in [0.25, 0.3) is 22.1 Å². The highest BCUT2D eigenvalue weighted by atomic mass is 19.4. The van der Waals surface area contributed by atoms with E-state index in [1.807, 2.05) is 42.9 Å². The maximum Gasteiger partial charge on any atom is 0.416 e. The summed E-state index contributed by atoms with van der Waals surface area (Å²) in [5, 5.41) is 8.90. The van der Waals surface area contributed by atoms with Crippen LogP contribution in [0.5, 0.6) is 0 Å². The summed E-state index contributed by atoms with van der Waals surface area (Å²) in [6.07, 6.45) is -3.55. The third-order valence-electron chi connectivity index (χ3n) is 4.75. The molecule has 9 heteroatoms. The van der Waals surface area contributed by atoms with Gasteiger partial charge >= 0.3 is 6.18 Å². The van der Waals surface area contributed by atoms with Crippen LogP contribution in [-0.4, -0.2) is 50.1 Å². The molecule has 0 bridgehead atoms. The number of aryl methyl sites for hydroxylation is 1. The molecule has 0 atom stereocenters. The standard InChI is InChI=1S/C20H21F3N6/c1-27(2)10-5-11-28-18-9-8-14(20(21,22)23)12-17(18)24-19(28)13-29-25-15-6-3-4-7-16(15)26-29/h3-4,6-9,12H,5,10-11,13H2,1-2H3. The second-order valence-electron chi connectivity index (χ2n) is 7.26. The molecular weight excluding hydrogens is 381 g/mol. The molecule has 6 nitrogen and oxygen atoms in total. The summed E-state index contributed by atoms with van der Waals surface area (Å²) in [4.78, 5) is 8.11. The van der Waals surface area contributed by atoms with Gasteiger partial charge < -0.3 is 9.47 Å². The van der Waals surface area contributed by atoms with E-state index in [2.05, 4.69) is 20.1 Å². The first-order valence-corrected chi connectivity index (χ1v) is 9.32. The van der Waals surface area contributed by atoms with Crippen LogP contribution < -0.4 is 0 Å². The molecule has 0 amide bonds. The van der Waals surface area contributed by atoms with E-state index in [4.69, 9.17) is 0 Å². The van der Waals surface area contributed by atoms with E-state index in [-0.39, 0.29) is 6.54 Å². The van der Waals surface area contributed by atoms with Crippen molar-refractivity contribution in [2.75, 3.05) is 20.6 Å². The Bertz CT molecular complexity index is 1110. The number of fused-ring (bicyclic) bond motifs is 2. The van der Waals surface area contributed by atoms with Crippen LogP contribution in [0.4, 0.5) is 13.2 Å². The lowest BCUT2D eigenvalue weighted by Crippen LogP contribution is -2.17. The zero-order valence-electron chi connectivity index (χ0n) is 16.2. The van der Waals surface area contributed by atoms with Crippen molar-refractivity contribution >= 4 is 22.1 Å². The summed E-state index contributed by atoms with van der Waals surface area (Å²) in [6.45, 7) is 1.80. The van der Waals surface area contributed by atoms with Gasteiger partial charge in [-0.05, 0) is 57.4 Å². The highest BCUT2D eigenvalue weighted by molar-refractivity contribution is 5.77. The molecule has 152 valence electrons. The Balaban J connectivity index is 1.72. The van der Waals surface area contributed by atoms with Crippen LogP contribution >= 0.6 is 0 Å². The number of rotatable bonds is 6. The van der Waals surface area contributed by atoms with Gasteiger partial charge in [-0.25, -0.2) is 4.98 Å². The van der Waals surface area contributed by atoms with Gasteiger partial charge in [-0.2, -0.15) is 28.2 Å². The van der Waals surface area contributed by atoms with E-state index in [1.165, 1.54) is 6.07 Å². The number of benzene rings is 2. The Morgan fingerprint density at radius 2 is 1.66 bits per heavy atom. The summed E-state index contributed by atoms with van der Waals surface area (Å²) in [5.74, 6) is 0.637. The highest BCUT2D eigenvalue weighted by Crippen LogP contribution is 2.31. The number of hydrogen-bond donors (Lipinski definition) is 0. The first kappa shape index (κ1) is 19.4. The van der Waals surface area contributed by atoms with Crippen LogP contribution in [0.3, 0.4) is 0 Å². The quantitative estimate of drug-likeness (QED) is 0.492. The molecule has 0 fully saturated rings. The summed E-state index contributed by atoms with van der Waals surface area (Å²) in [6, 6.07) is 11.2. The molecule has 2 aromatic heterocycles. The van der Waals surface area contributed by atoms with E-state index in [0.717, 1.165) is 36.1 Å². The van der Waals surface area contributed by atoms with Crippen LogP contribution in [0.15, 0.2) is 42.5 Å². The molecule has 0 aliphatic carbocycles. The Morgan fingerprint density at radius 1 is 0.966 bits per heavy atom. The fraction of sp³-hybridized carbons (Fsp3) is 0.350. The van der Waals surface area contributed by atoms with Crippen LogP contribution in [0.1, 0.15) is 17.8 Å². The van der Waals surface area contributed by atoms with Crippen LogP contribution in [0.2, 0.25) is 0 Å². The number of halogens is 3. The van der Waals surface area contributed by atoms with Crippen LogP contribution in [0, 0.1) is 0 Å². The molecule has 2 aromatic carbocycles. The van der Waals surface area contributed by atoms with E-state index in [1.54, 1.807) is 4.80 Å². The maximum absolute atomic E-state index is 13.1. The normalized spacial score (nSPS) is 12.5. The minimum absolute atomic E-state index is 0.284. The van der Waals surface area contributed by atoms with Crippen molar-refractivity contribution in [1.29, 1.82) is 0 Å². The summed E-state index contributed by atoms with van der Waals surface area (Å²) in [7, 11) is 3.98. The van der Waals surface area contributed by atoms with E-state index < -0.39 is 11.7 Å². The van der Waals surface area contributed by atoms with E-state index >= 15 is 0 Å². The molecule has 0 unspecified atom stereocenters. The Labute approximate surface area is 165 Å². The summed E-state index contributed by atoms with van der Waals surface area (Å²) < 4.78 is 41.3. The first-order chi connectivity index (χ1) is 13.8. The average molecular weight is 402 g/mol. The van der Waals surface area contributed by atoms with E-state index in [0.29, 0.717) is 23.4 Å². The van der Waals surface area contributed by atoms with Crippen molar-refractivity contribution in [2.45, 2.75) is 25.7 Å². The molecule has 4 aromatic rings. The number of aromatic nitrogens is 5. The predicted molar refractivity (Wildman–Crippen MR) is 105 cm³/mol. The zero-order valence-corrected chi connectivity index (χ0v) is 16.2. The van der Waals surface area contributed by atoms with Gasteiger partial charge in [0.15, 0.2) is 0 Å². The zero-order chi connectivity index (χ0) is 20.6. The van der Waals surface area contributed by atoms with Gasteiger partial charge in [0.05, 0.1) is 16.6 Å². The van der Waals surface area contributed by atoms with Gasteiger partial charge in [-0.15, -0.1) is 0 Å². The van der Waals surface area contributed by atoms with Crippen molar-refractivity contribution in [2.24, 2.45) is 0 Å². The van der Waals surface area contributed by atoms with Crippen LogP contribution in [-0.2, 0) is 19.3 Å². The second kappa shape index (κ2) is 7.47. The number of nitrogens with zero attached hydrogens (tertiary/aromatic N) is 6. The van der Waals surface area contributed by atoms with Crippen molar-refractivity contribution in [3.05, 3.63) is 53.9 Å². The molecule has 0 aliphatic heterocycles. The lowest BCUT2D eigenvalue weighted by atomic mass is 10.2. The third-order valence-corrected chi connectivity index (χ3v) is 4.75. The lowest BCUT2D eigenvalue weighted by Gasteiger charge is -2.12. The average Bonchev–Trinajstić information content (AvgIpc) is 3.21. The first-order valence-electron chi connectivity index (χ1n) is 9.32. The maximum atomic E-state index is 13.1. The van der Waals surface area contributed by atoms with Crippen molar-refractivity contribution in [1.82, 2.24) is 29.4 Å². The highest BCUT2D eigenvalue weighted by Gasteiger charge is 2.31. The monoisotopic (exact) mass is 402 g/mol. The molecule has 0 saturated heterocycles. The number of hydrogen-bond acceptors (Lipinski definition) is 4. The van der Waals surface area contributed by atoms with Gasteiger partial charge in [-0.3, -0.25) is 0 Å². The molecule has 4 rings (SSSR count). The summed E-state index contributed by atoms with van der Waals surface area (Å²) in [5.41, 5.74) is 1.85. The Kier molecular flexibility index (Phi) is 4.99. The topological polar surface area (TPSA) is 51.8 Å². The van der Waals surface area contributed by atoms with Crippen molar-refractivity contribution in [3.63, 3.8) is 0 Å². The van der Waals surface area contributed by atoms with Gasteiger partial charge in [-0.1, -0.05) is 12.1 Å². The molecule has 0 radical (unpaired) electrons.